The molecule has 1 heterocycles. The largest absolute Gasteiger partial charge is 0.348 e. The van der Waals surface area contributed by atoms with E-state index in [0.29, 0.717) is 16.8 Å². The Hall–Kier alpha value is -1.07. The Balaban J connectivity index is 2.00. The fourth-order valence-corrected chi connectivity index (χ4v) is 3.02. The molecule has 1 N–H and O–H groups in total. The average Bonchev–Trinajstić information content (AvgIpc) is 2.71. The Bertz CT molecular complexity index is 452. The van der Waals surface area contributed by atoms with Gasteiger partial charge in [-0.05, 0) is 32.9 Å². The van der Waals surface area contributed by atoms with Gasteiger partial charge >= 0.3 is 0 Å². The normalized spacial score (nSPS) is 23.1. The highest BCUT2D eigenvalue weighted by Crippen LogP contribution is 2.25. The summed E-state index contributed by atoms with van der Waals surface area (Å²) in [5, 5.41) is 7.73. The number of nitrogens with one attached hydrogen (secondary N) is 1. The van der Waals surface area contributed by atoms with E-state index in [4.69, 9.17) is 11.6 Å². The summed E-state index contributed by atoms with van der Waals surface area (Å²) in [6, 6.07) is 1.85. The van der Waals surface area contributed by atoms with Gasteiger partial charge in [-0.2, -0.15) is 5.10 Å². The fraction of sp³-hybridized carbons (Fsp3) is 0.714. The molecule has 0 aromatic carbocycles. The first-order valence-corrected chi connectivity index (χ1v) is 7.50. The summed E-state index contributed by atoms with van der Waals surface area (Å²) in [5.41, 5.74) is 0.395. The molecule has 112 valence electrons. The molecule has 0 saturated heterocycles. The summed E-state index contributed by atoms with van der Waals surface area (Å²) < 4.78 is 1.51. The molecular formula is C14H23ClN4O. The van der Waals surface area contributed by atoms with Gasteiger partial charge in [0.15, 0.2) is 5.69 Å². The summed E-state index contributed by atoms with van der Waals surface area (Å²) in [6.07, 6.45) is 4.65. The van der Waals surface area contributed by atoms with Gasteiger partial charge in [-0.3, -0.25) is 9.48 Å². The van der Waals surface area contributed by atoms with Crippen LogP contribution in [0.4, 0.5) is 0 Å². The van der Waals surface area contributed by atoms with Crippen LogP contribution in [0.15, 0.2) is 6.07 Å². The number of amides is 1. The van der Waals surface area contributed by atoms with Crippen LogP contribution in [0.2, 0.25) is 5.15 Å². The highest BCUT2D eigenvalue weighted by atomic mass is 35.5. The van der Waals surface area contributed by atoms with Gasteiger partial charge in [0.25, 0.3) is 5.91 Å². The molecule has 1 amide bonds. The number of aromatic nitrogens is 2. The lowest BCUT2D eigenvalue weighted by Gasteiger charge is -2.33. The monoisotopic (exact) mass is 298 g/mol. The second kappa shape index (κ2) is 6.59. The number of halogens is 1. The Morgan fingerprint density at radius 1 is 1.50 bits per heavy atom. The second-order valence-electron chi connectivity index (χ2n) is 5.86. The van der Waals surface area contributed by atoms with Gasteiger partial charge < -0.3 is 10.2 Å². The number of nitrogens with zero attached hydrogens (tertiary/aromatic N) is 3. The molecule has 0 radical (unpaired) electrons. The molecule has 2 atom stereocenters. The van der Waals surface area contributed by atoms with E-state index in [-0.39, 0.29) is 11.9 Å². The highest BCUT2D eigenvalue weighted by Gasteiger charge is 2.27. The van der Waals surface area contributed by atoms with Crippen molar-refractivity contribution >= 4 is 17.5 Å². The van der Waals surface area contributed by atoms with E-state index in [1.165, 1.54) is 23.9 Å². The van der Waals surface area contributed by atoms with Crippen molar-refractivity contribution in [2.24, 2.45) is 13.0 Å². The maximum absolute atomic E-state index is 12.3. The molecule has 1 aliphatic rings. The van der Waals surface area contributed by atoms with Crippen molar-refractivity contribution in [3.8, 4) is 0 Å². The van der Waals surface area contributed by atoms with Gasteiger partial charge in [0.2, 0.25) is 0 Å². The van der Waals surface area contributed by atoms with E-state index in [0.717, 1.165) is 13.0 Å². The summed E-state index contributed by atoms with van der Waals surface area (Å²) in [4.78, 5) is 14.4. The quantitative estimate of drug-likeness (QED) is 0.924. The Morgan fingerprint density at radius 2 is 2.20 bits per heavy atom. The van der Waals surface area contributed by atoms with Gasteiger partial charge in [0.05, 0.1) is 0 Å². The average molecular weight is 299 g/mol. The summed E-state index contributed by atoms with van der Waals surface area (Å²) in [6.45, 7) is 1.01. The van der Waals surface area contributed by atoms with Gasteiger partial charge in [-0.1, -0.05) is 24.4 Å². The maximum atomic E-state index is 12.3. The van der Waals surface area contributed by atoms with Crippen LogP contribution in [-0.4, -0.2) is 47.3 Å². The third-order valence-electron chi connectivity index (χ3n) is 3.88. The number of hydrogen-bond donors (Lipinski definition) is 1. The van der Waals surface area contributed by atoms with Gasteiger partial charge in [0, 0.05) is 25.7 Å². The van der Waals surface area contributed by atoms with Crippen molar-refractivity contribution in [2.75, 3.05) is 20.6 Å². The molecule has 5 nitrogen and oxygen atoms in total. The highest BCUT2D eigenvalue weighted by molar-refractivity contribution is 6.29. The van der Waals surface area contributed by atoms with Crippen LogP contribution in [0, 0.1) is 5.92 Å². The lowest BCUT2D eigenvalue weighted by atomic mass is 9.84. The molecule has 0 bridgehead atoms. The van der Waals surface area contributed by atoms with E-state index in [1.807, 2.05) is 0 Å². The van der Waals surface area contributed by atoms with E-state index in [2.05, 4.69) is 29.4 Å². The maximum Gasteiger partial charge on any atom is 0.272 e. The van der Waals surface area contributed by atoms with Crippen molar-refractivity contribution in [1.29, 1.82) is 0 Å². The minimum absolute atomic E-state index is 0.122. The minimum atomic E-state index is -0.122. The molecule has 2 unspecified atom stereocenters. The molecule has 6 heteroatoms. The predicted molar refractivity (Wildman–Crippen MR) is 80.0 cm³/mol. The van der Waals surface area contributed by atoms with Gasteiger partial charge in [0.1, 0.15) is 5.15 Å². The summed E-state index contributed by atoms with van der Waals surface area (Å²) >= 11 is 5.93. The van der Waals surface area contributed by atoms with E-state index in [1.54, 1.807) is 13.1 Å². The van der Waals surface area contributed by atoms with Crippen LogP contribution in [-0.2, 0) is 7.05 Å². The molecule has 0 spiro atoms. The minimum Gasteiger partial charge on any atom is -0.348 e. The third kappa shape index (κ3) is 3.73. The van der Waals surface area contributed by atoms with E-state index < -0.39 is 0 Å². The zero-order chi connectivity index (χ0) is 14.7. The van der Waals surface area contributed by atoms with Crippen LogP contribution in [0.5, 0.6) is 0 Å². The molecular weight excluding hydrogens is 276 g/mol. The van der Waals surface area contributed by atoms with Crippen molar-refractivity contribution in [3.05, 3.63) is 16.9 Å². The molecule has 1 aromatic rings. The first-order chi connectivity index (χ1) is 9.47. The Labute approximate surface area is 125 Å². The van der Waals surface area contributed by atoms with Crippen LogP contribution < -0.4 is 5.32 Å². The van der Waals surface area contributed by atoms with Crippen molar-refractivity contribution in [3.63, 3.8) is 0 Å². The Morgan fingerprint density at radius 3 is 2.80 bits per heavy atom. The topological polar surface area (TPSA) is 50.2 Å². The number of hydrogen-bond acceptors (Lipinski definition) is 3. The SMILES string of the molecule is CN(C)CC1CCCCC1NC(=O)c1cc(Cl)n(C)n1. The fourth-order valence-electron chi connectivity index (χ4n) is 2.88. The van der Waals surface area contributed by atoms with Crippen molar-refractivity contribution < 1.29 is 4.79 Å². The first-order valence-electron chi connectivity index (χ1n) is 7.12. The first kappa shape index (κ1) is 15.3. The van der Waals surface area contributed by atoms with Crippen molar-refractivity contribution in [1.82, 2.24) is 20.0 Å². The predicted octanol–water partition coefficient (Wildman–Crippen LogP) is 1.92. The molecule has 20 heavy (non-hydrogen) atoms. The lowest BCUT2D eigenvalue weighted by Crippen LogP contribution is -2.45. The molecule has 0 aliphatic heterocycles. The van der Waals surface area contributed by atoms with Crippen molar-refractivity contribution in [2.45, 2.75) is 31.7 Å². The number of aryl methyl sites for hydroxylation is 1. The zero-order valence-electron chi connectivity index (χ0n) is 12.4. The molecule has 1 fully saturated rings. The summed E-state index contributed by atoms with van der Waals surface area (Å²) in [5.74, 6) is 0.394. The third-order valence-corrected chi connectivity index (χ3v) is 4.23. The number of carbonyl (C=O) groups is 1. The lowest BCUT2D eigenvalue weighted by molar-refractivity contribution is 0.0889. The summed E-state index contributed by atoms with van der Waals surface area (Å²) in [7, 11) is 5.88. The van der Waals surface area contributed by atoms with E-state index in [9.17, 15) is 4.79 Å². The Kier molecular flexibility index (Phi) is 5.05. The van der Waals surface area contributed by atoms with E-state index >= 15 is 0 Å². The van der Waals surface area contributed by atoms with Crippen LogP contribution in [0.25, 0.3) is 0 Å². The molecule has 1 aromatic heterocycles. The second-order valence-corrected chi connectivity index (χ2v) is 6.25. The van der Waals surface area contributed by atoms with Crippen LogP contribution >= 0.6 is 11.6 Å². The smallest absolute Gasteiger partial charge is 0.272 e. The van der Waals surface area contributed by atoms with Crippen LogP contribution in [0.3, 0.4) is 0 Å². The molecule has 1 saturated carbocycles. The molecule has 2 rings (SSSR count). The molecule has 1 aliphatic carbocycles. The van der Waals surface area contributed by atoms with Gasteiger partial charge in [-0.25, -0.2) is 0 Å². The standard InChI is InChI=1S/C14H23ClN4O/c1-18(2)9-10-6-4-5-7-11(10)16-14(20)12-8-13(15)19(3)17-12/h8,10-11H,4-7,9H2,1-3H3,(H,16,20). The zero-order valence-corrected chi connectivity index (χ0v) is 13.2. The number of carbonyl (C=O) groups excluding carboxylic acids is 1. The van der Waals surface area contributed by atoms with Gasteiger partial charge in [-0.15, -0.1) is 0 Å². The van der Waals surface area contributed by atoms with Crippen LogP contribution in [0.1, 0.15) is 36.2 Å². The number of rotatable bonds is 4.